The number of nitrogens with zero attached hydrogens (tertiary/aromatic N) is 2. The van der Waals surface area contributed by atoms with Crippen LogP contribution in [0, 0.1) is 6.92 Å². The van der Waals surface area contributed by atoms with E-state index >= 15 is 0 Å². The molecule has 1 aromatic heterocycles. The van der Waals surface area contributed by atoms with Gasteiger partial charge in [-0.1, -0.05) is 48.7 Å². The van der Waals surface area contributed by atoms with Crippen LogP contribution >= 0.6 is 0 Å². The maximum absolute atomic E-state index is 13.5. The van der Waals surface area contributed by atoms with Crippen LogP contribution in [0.3, 0.4) is 0 Å². The van der Waals surface area contributed by atoms with Gasteiger partial charge in [0.2, 0.25) is 0 Å². The Balaban J connectivity index is 1.72. The van der Waals surface area contributed by atoms with Gasteiger partial charge in [-0.3, -0.25) is 9.59 Å². The molecule has 1 fully saturated rings. The Morgan fingerprint density at radius 1 is 0.969 bits per heavy atom. The topological polar surface area (TPSA) is 54.3 Å². The fraction of sp³-hybridized carbons (Fsp3) is 0.333. The molecule has 0 radical (unpaired) electrons. The van der Waals surface area contributed by atoms with E-state index in [9.17, 15) is 9.59 Å². The zero-order valence-corrected chi connectivity index (χ0v) is 18.9. The van der Waals surface area contributed by atoms with Gasteiger partial charge in [0.1, 0.15) is 5.70 Å². The molecule has 2 aromatic carbocycles. The third-order valence-corrected chi connectivity index (χ3v) is 6.15. The van der Waals surface area contributed by atoms with Crippen LogP contribution in [0.4, 0.5) is 0 Å². The summed E-state index contributed by atoms with van der Waals surface area (Å²) in [7, 11) is 0. The second-order valence-electron chi connectivity index (χ2n) is 8.47. The molecule has 1 aliphatic heterocycles. The lowest BCUT2D eigenvalue weighted by molar-refractivity contribution is -0.127. The molecule has 2 heterocycles. The van der Waals surface area contributed by atoms with Crippen LogP contribution in [-0.4, -0.2) is 34.4 Å². The van der Waals surface area contributed by atoms with Crippen LogP contribution in [0.2, 0.25) is 0 Å². The zero-order valence-electron chi connectivity index (χ0n) is 18.9. The van der Waals surface area contributed by atoms with Crippen LogP contribution in [0.1, 0.15) is 54.1 Å². The van der Waals surface area contributed by atoms with E-state index in [2.05, 4.69) is 35.1 Å². The summed E-state index contributed by atoms with van der Waals surface area (Å²) < 4.78 is 2.16. The van der Waals surface area contributed by atoms with Crippen molar-refractivity contribution < 1.29 is 9.59 Å². The van der Waals surface area contributed by atoms with Crippen molar-refractivity contribution >= 4 is 28.8 Å². The normalized spacial score (nSPS) is 14.9. The molecule has 0 spiro atoms. The minimum Gasteiger partial charge on any atom is -0.347 e. The number of para-hydroxylation sites is 1. The molecule has 3 aromatic rings. The molecule has 1 aliphatic rings. The minimum atomic E-state index is -0.265. The largest absolute Gasteiger partial charge is 0.347 e. The Morgan fingerprint density at radius 3 is 2.34 bits per heavy atom. The Hall–Kier alpha value is -3.34. The molecule has 0 bridgehead atoms. The summed E-state index contributed by atoms with van der Waals surface area (Å²) in [6.07, 6.45) is 8.18. The second kappa shape index (κ2) is 9.86. The Kier molecular flexibility index (Phi) is 6.74. The van der Waals surface area contributed by atoms with Crippen molar-refractivity contribution in [1.29, 1.82) is 0 Å². The van der Waals surface area contributed by atoms with E-state index < -0.39 is 0 Å². The highest BCUT2D eigenvalue weighted by molar-refractivity contribution is 6.06. The summed E-state index contributed by atoms with van der Waals surface area (Å²) in [5.41, 5.74) is 4.01. The van der Waals surface area contributed by atoms with E-state index in [4.69, 9.17) is 0 Å². The SMILES string of the molecule is CCn1cc(/C=C(\NC(=O)c2ccc(C)cc2)C(=O)N2CCCCCC2)c2ccccc21. The van der Waals surface area contributed by atoms with Crippen molar-refractivity contribution in [2.45, 2.75) is 46.1 Å². The number of likely N-dealkylation sites (tertiary alicyclic amines) is 1. The first-order chi connectivity index (χ1) is 15.6. The quantitative estimate of drug-likeness (QED) is 0.571. The number of aromatic nitrogens is 1. The number of hydrogen-bond acceptors (Lipinski definition) is 2. The highest BCUT2D eigenvalue weighted by atomic mass is 16.2. The van der Waals surface area contributed by atoms with Crippen molar-refractivity contribution in [3.05, 3.63) is 77.1 Å². The summed E-state index contributed by atoms with van der Waals surface area (Å²) in [5, 5.41) is 4.00. The van der Waals surface area contributed by atoms with Crippen LogP contribution in [0.25, 0.3) is 17.0 Å². The van der Waals surface area contributed by atoms with Gasteiger partial charge in [-0.15, -0.1) is 0 Å². The monoisotopic (exact) mass is 429 g/mol. The minimum absolute atomic E-state index is 0.110. The van der Waals surface area contributed by atoms with E-state index in [0.717, 1.165) is 67.3 Å². The van der Waals surface area contributed by atoms with Gasteiger partial charge in [-0.25, -0.2) is 0 Å². The molecule has 32 heavy (non-hydrogen) atoms. The molecular formula is C27H31N3O2. The maximum atomic E-state index is 13.5. The average Bonchev–Trinajstić information content (AvgIpc) is 2.97. The van der Waals surface area contributed by atoms with Crippen LogP contribution < -0.4 is 5.32 Å². The number of carbonyl (C=O) groups excluding carboxylic acids is 2. The highest BCUT2D eigenvalue weighted by Crippen LogP contribution is 2.24. The van der Waals surface area contributed by atoms with Crippen LogP contribution in [0.5, 0.6) is 0 Å². The summed E-state index contributed by atoms with van der Waals surface area (Å²) in [6.45, 7) is 6.38. The molecule has 0 aliphatic carbocycles. The number of benzene rings is 2. The Bertz CT molecular complexity index is 1130. The van der Waals surface area contributed by atoms with Crippen LogP contribution in [-0.2, 0) is 11.3 Å². The second-order valence-corrected chi connectivity index (χ2v) is 8.47. The fourth-order valence-electron chi connectivity index (χ4n) is 4.30. The lowest BCUT2D eigenvalue weighted by Crippen LogP contribution is -2.39. The maximum Gasteiger partial charge on any atom is 0.270 e. The molecule has 0 unspecified atom stereocenters. The van der Waals surface area contributed by atoms with Crippen molar-refractivity contribution in [2.24, 2.45) is 0 Å². The van der Waals surface area contributed by atoms with Gasteiger partial charge in [-0.2, -0.15) is 0 Å². The summed E-state index contributed by atoms with van der Waals surface area (Å²) in [6, 6.07) is 15.6. The number of rotatable bonds is 5. The van der Waals surface area contributed by atoms with Gasteiger partial charge in [-0.05, 0) is 51.0 Å². The summed E-state index contributed by atoms with van der Waals surface area (Å²) in [5.74, 6) is -0.376. The number of fused-ring (bicyclic) bond motifs is 1. The highest BCUT2D eigenvalue weighted by Gasteiger charge is 2.22. The van der Waals surface area contributed by atoms with Crippen molar-refractivity contribution in [3.8, 4) is 0 Å². The van der Waals surface area contributed by atoms with Gasteiger partial charge in [0.05, 0.1) is 0 Å². The first-order valence-electron chi connectivity index (χ1n) is 11.5. The van der Waals surface area contributed by atoms with E-state index in [1.807, 2.05) is 42.2 Å². The predicted molar refractivity (Wildman–Crippen MR) is 129 cm³/mol. The Morgan fingerprint density at radius 2 is 1.66 bits per heavy atom. The van der Waals surface area contributed by atoms with Gasteiger partial charge in [0.25, 0.3) is 11.8 Å². The fourth-order valence-corrected chi connectivity index (χ4v) is 4.30. The van der Waals surface area contributed by atoms with E-state index in [1.165, 1.54) is 0 Å². The molecule has 166 valence electrons. The van der Waals surface area contributed by atoms with Crippen LogP contribution in [0.15, 0.2) is 60.4 Å². The molecular weight excluding hydrogens is 398 g/mol. The van der Waals surface area contributed by atoms with Gasteiger partial charge in [0.15, 0.2) is 0 Å². The molecule has 1 saturated heterocycles. The van der Waals surface area contributed by atoms with Crippen molar-refractivity contribution in [1.82, 2.24) is 14.8 Å². The first-order valence-corrected chi connectivity index (χ1v) is 11.5. The lowest BCUT2D eigenvalue weighted by atomic mass is 10.1. The molecule has 5 nitrogen and oxygen atoms in total. The summed E-state index contributed by atoms with van der Waals surface area (Å²) >= 11 is 0. The third kappa shape index (κ3) is 4.77. The number of aryl methyl sites for hydroxylation is 2. The lowest BCUT2D eigenvalue weighted by Gasteiger charge is -2.22. The molecule has 0 atom stereocenters. The Labute approximate surface area is 189 Å². The molecule has 5 heteroatoms. The van der Waals surface area contributed by atoms with E-state index in [1.54, 1.807) is 12.1 Å². The predicted octanol–water partition coefficient (Wildman–Crippen LogP) is 5.14. The molecule has 4 rings (SSSR count). The van der Waals surface area contributed by atoms with Gasteiger partial charge >= 0.3 is 0 Å². The zero-order chi connectivity index (χ0) is 22.5. The molecule has 1 N–H and O–H groups in total. The van der Waals surface area contributed by atoms with Gasteiger partial charge < -0.3 is 14.8 Å². The third-order valence-electron chi connectivity index (χ3n) is 6.15. The van der Waals surface area contributed by atoms with Gasteiger partial charge in [0, 0.05) is 47.9 Å². The molecule has 2 amide bonds. The van der Waals surface area contributed by atoms with E-state index in [0.29, 0.717) is 11.3 Å². The first kappa shape index (κ1) is 21.9. The summed E-state index contributed by atoms with van der Waals surface area (Å²) in [4.78, 5) is 28.4. The average molecular weight is 430 g/mol. The van der Waals surface area contributed by atoms with E-state index in [-0.39, 0.29) is 11.8 Å². The smallest absolute Gasteiger partial charge is 0.270 e. The van der Waals surface area contributed by atoms with Crippen molar-refractivity contribution in [3.63, 3.8) is 0 Å². The number of nitrogens with one attached hydrogen (secondary N) is 1. The standard InChI is InChI=1S/C27H31N3O2/c1-3-29-19-22(23-10-6-7-11-25(23)29)18-24(27(32)30-16-8-4-5-9-17-30)28-26(31)21-14-12-20(2)13-15-21/h6-7,10-15,18-19H,3-5,8-9,16-17H2,1-2H3,(H,28,31)/b24-18-. The number of amides is 2. The molecule has 0 saturated carbocycles. The number of hydrogen-bond donors (Lipinski definition) is 1. The number of carbonyl (C=O) groups is 2. The van der Waals surface area contributed by atoms with Crippen molar-refractivity contribution in [2.75, 3.05) is 13.1 Å².